The Bertz CT molecular complexity index is 750. The minimum Gasteiger partial charge on any atom is -0.450 e. The molecule has 1 aromatic heterocycles. The maximum Gasteiger partial charge on any atom is 0.339 e. The molecule has 2 aliphatic heterocycles. The van der Waals surface area contributed by atoms with Gasteiger partial charge < -0.3 is 9.64 Å². The molecular formula is C15H15N5O3. The van der Waals surface area contributed by atoms with Crippen LogP contribution in [0.25, 0.3) is 0 Å². The molecule has 0 saturated carbocycles. The first kappa shape index (κ1) is 13.9. The number of likely N-dealkylation sites (tertiary alicyclic amines) is 1. The molecule has 118 valence electrons. The van der Waals surface area contributed by atoms with E-state index in [1.54, 1.807) is 11.0 Å². The number of carbonyl (C=O) groups is 2. The second-order valence-corrected chi connectivity index (χ2v) is 5.82. The van der Waals surface area contributed by atoms with Crippen molar-refractivity contribution in [3.63, 3.8) is 0 Å². The Balaban J connectivity index is 1.47. The van der Waals surface area contributed by atoms with Crippen molar-refractivity contribution in [1.82, 2.24) is 25.1 Å². The molecule has 8 heteroatoms. The highest BCUT2D eigenvalue weighted by molar-refractivity contribution is 5.94. The lowest BCUT2D eigenvalue weighted by molar-refractivity contribution is -0.136. The lowest BCUT2D eigenvalue weighted by Gasteiger charge is -2.38. The number of nitrogens with zero attached hydrogens (tertiary/aromatic N) is 5. The zero-order chi connectivity index (χ0) is 15.9. The standard InChI is InChI=1S/C15H15N5O3/c21-13(9-20-10-16-17-18-20)19-7-5-15(6-8-19)12-4-2-1-3-11(12)14(22)23-15/h1-4,10H,5-9H2. The van der Waals surface area contributed by atoms with Crippen LogP contribution in [0, 0.1) is 0 Å². The van der Waals surface area contributed by atoms with E-state index in [4.69, 9.17) is 4.74 Å². The molecule has 1 spiro atoms. The van der Waals surface area contributed by atoms with E-state index in [-0.39, 0.29) is 18.4 Å². The largest absolute Gasteiger partial charge is 0.450 e. The van der Waals surface area contributed by atoms with Crippen LogP contribution in [0.2, 0.25) is 0 Å². The van der Waals surface area contributed by atoms with Crippen LogP contribution in [0.5, 0.6) is 0 Å². The van der Waals surface area contributed by atoms with Gasteiger partial charge in [-0.15, -0.1) is 5.10 Å². The van der Waals surface area contributed by atoms with Crippen molar-refractivity contribution in [2.75, 3.05) is 13.1 Å². The van der Waals surface area contributed by atoms with Gasteiger partial charge in [-0.3, -0.25) is 4.79 Å². The summed E-state index contributed by atoms with van der Waals surface area (Å²) in [7, 11) is 0. The van der Waals surface area contributed by atoms with Crippen molar-refractivity contribution in [2.24, 2.45) is 0 Å². The molecule has 1 fully saturated rings. The normalized spacial score (nSPS) is 18.8. The molecule has 0 aliphatic carbocycles. The Morgan fingerprint density at radius 2 is 2.04 bits per heavy atom. The third-order valence-electron chi connectivity index (χ3n) is 4.54. The fourth-order valence-corrected chi connectivity index (χ4v) is 3.33. The zero-order valence-electron chi connectivity index (χ0n) is 12.4. The first-order valence-electron chi connectivity index (χ1n) is 7.49. The maximum absolute atomic E-state index is 12.3. The van der Waals surface area contributed by atoms with Gasteiger partial charge >= 0.3 is 5.97 Å². The second-order valence-electron chi connectivity index (χ2n) is 5.82. The molecule has 23 heavy (non-hydrogen) atoms. The molecule has 3 heterocycles. The third kappa shape index (κ3) is 2.26. The number of esters is 1. The van der Waals surface area contributed by atoms with Gasteiger partial charge in [0.1, 0.15) is 18.5 Å². The van der Waals surface area contributed by atoms with Gasteiger partial charge in [0.05, 0.1) is 5.56 Å². The van der Waals surface area contributed by atoms with Crippen molar-refractivity contribution in [2.45, 2.75) is 25.0 Å². The van der Waals surface area contributed by atoms with E-state index in [0.29, 0.717) is 31.5 Å². The number of amides is 1. The number of fused-ring (bicyclic) bond motifs is 2. The van der Waals surface area contributed by atoms with Gasteiger partial charge in [0, 0.05) is 31.5 Å². The third-order valence-corrected chi connectivity index (χ3v) is 4.54. The first-order valence-corrected chi connectivity index (χ1v) is 7.49. The minimum atomic E-state index is -0.584. The summed E-state index contributed by atoms with van der Waals surface area (Å²) in [5.41, 5.74) is 0.998. The van der Waals surface area contributed by atoms with E-state index in [0.717, 1.165) is 5.56 Å². The molecule has 0 bridgehead atoms. The summed E-state index contributed by atoms with van der Waals surface area (Å²) in [4.78, 5) is 26.1. The summed E-state index contributed by atoms with van der Waals surface area (Å²) in [6.07, 6.45) is 2.63. The van der Waals surface area contributed by atoms with Gasteiger partial charge in [-0.1, -0.05) is 18.2 Å². The highest BCUT2D eigenvalue weighted by Gasteiger charge is 2.47. The number of ether oxygens (including phenoxy) is 1. The molecule has 1 aromatic carbocycles. The summed E-state index contributed by atoms with van der Waals surface area (Å²) in [6, 6.07) is 7.49. The molecule has 4 rings (SSSR count). The van der Waals surface area contributed by atoms with Gasteiger partial charge in [-0.05, 0) is 16.5 Å². The molecule has 8 nitrogen and oxygen atoms in total. The smallest absolute Gasteiger partial charge is 0.339 e. The highest BCUT2D eigenvalue weighted by atomic mass is 16.6. The SMILES string of the molecule is O=C1OC2(CCN(C(=O)Cn3cnnn3)CC2)c2ccccc21. The van der Waals surface area contributed by atoms with Gasteiger partial charge in [-0.2, -0.15) is 0 Å². The fourth-order valence-electron chi connectivity index (χ4n) is 3.33. The number of aromatic nitrogens is 4. The van der Waals surface area contributed by atoms with Gasteiger partial charge in [0.15, 0.2) is 0 Å². The van der Waals surface area contributed by atoms with Crippen molar-refractivity contribution in [3.8, 4) is 0 Å². The summed E-state index contributed by atoms with van der Waals surface area (Å²) in [5.74, 6) is -0.307. The number of benzene rings is 1. The maximum atomic E-state index is 12.3. The summed E-state index contributed by atoms with van der Waals surface area (Å²) in [6.45, 7) is 1.21. The minimum absolute atomic E-state index is 0.0373. The molecule has 2 aromatic rings. The number of tetrazole rings is 1. The molecule has 1 amide bonds. The van der Waals surface area contributed by atoms with E-state index >= 15 is 0 Å². The molecule has 0 unspecified atom stereocenters. The number of hydrogen-bond donors (Lipinski definition) is 0. The van der Waals surface area contributed by atoms with Gasteiger partial charge in [-0.25, -0.2) is 9.48 Å². The topological polar surface area (TPSA) is 90.2 Å². The van der Waals surface area contributed by atoms with E-state index < -0.39 is 5.60 Å². The van der Waals surface area contributed by atoms with Gasteiger partial charge in [0.25, 0.3) is 0 Å². The number of carbonyl (C=O) groups excluding carboxylic acids is 2. The van der Waals surface area contributed by atoms with Crippen molar-refractivity contribution < 1.29 is 14.3 Å². The zero-order valence-corrected chi connectivity index (χ0v) is 12.4. The lowest BCUT2D eigenvalue weighted by Crippen LogP contribution is -2.46. The van der Waals surface area contributed by atoms with Crippen molar-refractivity contribution in [1.29, 1.82) is 0 Å². The van der Waals surface area contributed by atoms with Crippen molar-refractivity contribution in [3.05, 3.63) is 41.7 Å². The Kier molecular flexibility index (Phi) is 3.10. The highest BCUT2D eigenvalue weighted by Crippen LogP contribution is 2.43. The Morgan fingerprint density at radius 3 is 2.78 bits per heavy atom. The van der Waals surface area contributed by atoms with Gasteiger partial charge in [0.2, 0.25) is 5.91 Å². The van der Waals surface area contributed by atoms with Crippen LogP contribution in [0.15, 0.2) is 30.6 Å². The van der Waals surface area contributed by atoms with Crippen LogP contribution in [-0.2, 0) is 21.7 Å². The van der Waals surface area contributed by atoms with Crippen LogP contribution in [0.3, 0.4) is 0 Å². The molecular weight excluding hydrogens is 298 g/mol. The van der Waals surface area contributed by atoms with Crippen LogP contribution >= 0.6 is 0 Å². The van der Waals surface area contributed by atoms with Crippen molar-refractivity contribution >= 4 is 11.9 Å². The molecule has 0 radical (unpaired) electrons. The Morgan fingerprint density at radius 1 is 1.26 bits per heavy atom. The summed E-state index contributed by atoms with van der Waals surface area (Å²) < 4.78 is 7.08. The van der Waals surface area contributed by atoms with Crippen LogP contribution in [0.1, 0.15) is 28.8 Å². The number of hydrogen-bond acceptors (Lipinski definition) is 6. The van der Waals surface area contributed by atoms with E-state index in [9.17, 15) is 9.59 Å². The van der Waals surface area contributed by atoms with Crippen LogP contribution in [0.4, 0.5) is 0 Å². The molecule has 0 N–H and O–H groups in total. The predicted molar refractivity (Wildman–Crippen MR) is 77.2 cm³/mol. The van der Waals surface area contributed by atoms with E-state index in [2.05, 4.69) is 15.5 Å². The Hall–Kier alpha value is -2.77. The summed E-state index contributed by atoms with van der Waals surface area (Å²) in [5, 5.41) is 10.7. The quantitative estimate of drug-likeness (QED) is 0.744. The average molecular weight is 313 g/mol. The molecule has 0 atom stereocenters. The second kappa shape index (κ2) is 5.15. The monoisotopic (exact) mass is 313 g/mol. The summed E-state index contributed by atoms with van der Waals surface area (Å²) >= 11 is 0. The average Bonchev–Trinajstić information content (AvgIpc) is 3.16. The van der Waals surface area contributed by atoms with Crippen LogP contribution in [-0.4, -0.2) is 50.1 Å². The fraction of sp³-hybridized carbons (Fsp3) is 0.400. The predicted octanol–water partition coefficient (Wildman–Crippen LogP) is 0.361. The van der Waals surface area contributed by atoms with Crippen LogP contribution < -0.4 is 0 Å². The molecule has 2 aliphatic rings. The van der Waals surface area contributed by atoms with E-state index in [1.807, 2.05) is 18.2 Å². The first-order chi connectivity index (χ1) is 11.2. The number of piperidine rings is 1. The van der Waals surface area contributed by atoms with E-state index in [1.165, 1.54) is 11.0 Å². The number of rotatable bonds is 2. The lowest BCUT2D eigenvalue weighted by atomic mass is 9.84. The Labute approximate surface area is 132 Å². The molecule has 1 saturated heterocycles.